The molecule has 3 aromatic heterocycles. The van der Waals surface area contributed by atoms with Gasteiger partial charge in [-0.1, -0.05) is 6.07 Å². The summed E-state index contributed by atoms with van der Waals surface area (Å²) in [5.74, 6) is -0.0297. The SMILES string of the molecule is CCn1cc2ncc(N[C@@H](C)c3cc(NC(=O)Cc4cnc(C)c(F)c4)ccc3C)nc2n1. The van der Waals surface area contributed by atoms with Crippen molar-refractivity contribution < 1.29 is 9.18 Å². The van der Waals surface area contributed by atoms with Crippen LogP contribution in [0.2, 0.25) is 0 Å². The molecule has 4 rings (SSSR count). The lowest BCUT2D eigenvalue weighted by Crippen LogP contribution is -2.16. The van der Waals surface area contributed by atoms with Gasteiger partial charge in [-0.05, 0) is 62.6 Å². The zero-order chi connectivity index (χ0) is 23.5. The molecule has 0 radical (unpaired) electrons. The fourth-order valence-electron chi connectivity index (χ4n) is 3.59. The number of nitrogens with zero attached hydrogens (tertiary/aromatic N) is 5. The average molecular weight is 448 g/mol. The molecule has 9 heteroatoms. The van der Waals surface area contributed by atoms with Crippen LogP contribution in [-0.2, 0) is 17.8 Å². The normalized spacial score (nSPS) is 12.0. The highest BCUT2D eigenvalue weighted by Crippen LogP contribution is 2.25. The average Bonchev–Trinajstić information content (AvgIpc) is 3.20. The predicted molar refractivity (Wildman–Crippen MR) is 125 cm³/mol. The van der Waals surface area contributed by atoms with Crippen LogP contribution in [0.5, 0.6) is 0 Å². The van der Waals surface area contributed by atoms with E-state index >= 15 is 0 Å². The number of carbonyl (C=O) groups is 1. The van der Waals surface area contributed by atoms with Crippen LogP contribution in [0.25, 0.3) is 11.2 Å². The third-order valence-corrected chi connectivity index (χ3v) is 5.44. The third-order valence-electron chi connectivity index (χ3n) is 5.44. The van der Waals surface area contributed by atoms with Crippen molar-refractivity contribution in [1.29, 1.82) is 0 Å². The summed E-state index contributed by atoms with van der Waals surface area (Å²) in [6.07, 6.45) is 5.12. The molecule has 1 atom stereocenters. The molecule has 0 saturated heterocycles. The standard InChI is InChI=1S/C24H26FN7O/c1-5-32-13-21-24(31-32)30-22(12-27-21)28-15(3)19-10-18(7-6-14(19)2)29-23(33)9-17-8-20(25)16(4)26-11-17/h6-8,10-13,15H,5,9H2,1-4H3,(H,29,33)(H,28,30,31)/t15-/m0/s1. The van der Waals surface area contributed by atoms with Gasteiger partial charge in [0.2, 0.25) is 11.6 Å². The van der Waals surface area contributed by atoms with Crippen LogP contribution in [0.1, 0.15) is 42.3 Å². The molecule has 0 spiro atoms. The Balaban J connectivity index is 1.46. The van der Waals surface area contributed by atoms with E-state index in [0.717, 1.165) is 23.2 Å². The Kier molecular flexibility index (Phi) is 6.30. The van der Waals surface area contributed by atoms with E-state index in [0.29, 0.717) is 28.4 Å². The van der Waals surface area contributed by atoms with Crippen molar-refractivity contribution in [2.75, 3.05) is 10.6 Å². The largest absolute Gasteiger partial charge is 0.362 e. The van der Waals surface area contributed by atoms with E-state index in [9.17, 15) is 9.18 Å². The lowest BCUT2D eigenvalue weighted by molar-refractivity contribution is -0.115. The highest BCUT2D eigenvalue weighted by molar-refractivity contribution is 5.92. The van der Waals surface area contributed by atoms with Crippen LogP contribution in [-0.4, -0.2) is 30.6 Å². The van der Waals surface area contributed by atoms with Gasteiger partial charge in [-0.2, -0.15) is 5.10 Å². The van der Waals surface area contributed by atoms with Gasteiger partial charge in [-0.3, -0.25) is 14.5 Å². The third kappa shape index (κ3) is 5.14. The number of hydrogen-bond donors (Lipinski definition) is 2. The highest BCUT2D eigenvalue weighted by atomic mass is 19.1. The van der Waals surface area contributed by atoms with Crippen LogP contribution < -0.4 is 10.6 Å². The molecular weight excluding hydrogens is 421 g/mol. The number of hydrogen-bond acceptors (Lipinski definition) is 6. The van der Waals surface area contributed by atoms with E-state index in [1.807, 2.05) is 45.2 Å². The lowest BCUT2D eigenvalue weighted by atomic mass is 10.0. The molecule has 2 N–H and O–H groups in total. The summed E-state index contributed by atoms with van der Waals surface area (Å²) in [6, 6.07) is 6.98. The Labute approximate surface area is 191 Å². The summed E-state index contributed by atoms with van der Waals surface area (Å²) in [7, 11) is 0. The van der Waals surface area contributed by atoms with Crippen molar-refractivity contribution in [3.63, 3.8) is 0 Å². The monoisotopic (exact) mass is 447 g/mol. The number of halogens is 1. The van der Waals surface area contributed by atoms with Crippen LogP contribution in [0, 0.1) is 19.7 Å². The number of amides is 1. The number of benzene rings is 1. The van der Waals surface area contributed by atoms with Gasteiger partial charge in [0.05, 0.1) is 30.6 Å². The number of pyridine rings is 1. The number of rotatable bonds is 7. The quantitative estimate of drug-likeness (QED) is 0.437. The Morgan fingerprint density at radius 3 is 2.76 bits per heavy atom. The van der Waals surface area contributed by atoms with Crippen LogP contribution in [0.3, 0.4) is 0 Å². The van der Waals surface area contributed by atoms with Crippen molar-refractivity contribution in [2.24, 2.45) is 0 Å². The first-order valence-electron chi connectivity index (χ1n) is 10.8. The van der Waals surface area contributed by atoms with Gasteiger partial charge >= 0.3 is 0 Å². The second-order valence-electron chi connectivity index (χ2n) is 8.02. The Bertz CT molecular complexity index is 1320. The minimum absolute atomic E-state index is 0.0429. The Morgan fingerprint density at radius 1 is 1.18 bits per heavy atom. The molecule has 0 aliphatic heterocycles. The zero-order valence-corrected chi connectivity index (χ0v) is 19.1. The van der Waals surface area contributed by atoms with E-state index in [-0.39, 0.29) is 18.4 Å². The summed E-state index contributed by atoms with van der Waals surface area (Å²) in [6.45, 7) is 8.38. The van der Waals surface area contributed by atoms with E-state index in [1.54, 1.807) is 17.8 Å². The summed E-state index contributed by atoms with van der Waals surface area (Å²) in [4.78, 5) is 25.4. The first kappa shape index (κ1) is 22.3. The molecule has 170 valence electrons. The van der Waals surface area contributed by atoms with Crippen LogP contribution >= 0.6 is 0 Å². The van der Waals surface area contributed by atoms with Crippen LogP contribution in [0.4, 0.5) is 15.9 Å². The number of aromatic nitrogens is 5. The second-order valence-corrected chi connectivity index (χ2v) is 8.02. The first-order chi connectivity index (χ1) is 15.8. The molecule has 0 saturated carbocycles. The summed E-state index contributed by atoms with van der Waals surface area (Å²) < 4.78 is 15.5. The molecule has 0 aliphatic rings. The van der Waals surface area contributed by atoms with E-state index in [4.69, 9.17) is 0 Å². The molecule has 0 aliphatic carbocycles. The molecule has 0 bridgehead atoms. The highest BCUT2D eigenvalue weighted by Gasteiger charge is 2.13. The lowest BCUT2D eigenvalue weighted by Gasteiger charge is -2.18. The maximum atomic E-state index is 13.7. The number of anilines is 2. The van der Waals surface area contributed by atoms with Crippen molar-refractivity contribution in [3.8, 4) is 0 Å². The fourth-order valence-corrected chi connectivity index (χ4v) is 3.59. The zero-order valence-electron chi connectivity index (χ0n) is 19.1. The number of carbonyl (C=O) groups excluding carboxylic acids is 1. The molecule has 4 aromatic rings. The minimum atomic E-state index is -0.416. The fraction of sp³-hybridized carbons (Fsp3) is 0.292. The summed E-state index contributed by atoms with van der Waals surface area (Å²) >= 11 is 0. The molecule has 3 heterocycles. The van der Waals surface area contributed by atoms with Crippen molar-refractivity contribution in [1.82, 2.24) is 24.7 Å². The van der Waals surface area contributed by atoms with Gasteiger partial charge in [0.25, 0.3) is 0 Å². The first-order valence-corrected chi connectivity index (χ1v) is 10.8. The second kappa shape index (κ2) is 9.32. The van der Waals surface area contributed by atoms with Gasteiger partial charge in [-0.25, -0.2) is 14.4 Å². The molecular formula is C24H26FN7O. The van der Waals surface area contributed by atoms with Crippen molar-refractivity contribution >= 4 is 28.6 Å². The maximum absolute atomic E-state index is 13.7. The van der Waals surface area contributed by atoms with E-state index in [1.165, 1.54) is 12.3 Å². The van der Waals surface area contributed by atoms with Gasteiger partial charge in [0, 0.05) is 18.4 Å². The van der Waals surface area contributed by atoms with Gasteiger partial charge in [0.1, 0.15) is 17.2 Å². The number of aryl methyl sites for hydroxylation is 3. The molecule has 1 aromatic carbocycles. The van der Waals surface area contributed by atoms with E-state index < -0.39 is 5.82 Å². The molecule has 33 heavy (non-hydrogen) atoms. The van der Waals surface area contributed by atoms with Gasteiger partial charge < -0.3 is 10.6 Å². The maximum Gasteiger partial charge on any atom is 0.228 e. The number of nitrogens with one attached hydrogen (secondary N) is 2. The van der Waals surface area contributed by atoms with Gasteiger partial charge in [0.15, 0.2) is 0 Å². The van der Waals surface area contributed by atoms with Crippen molar-refractivity contribution in [3.05, 3.63) is 71.1 Å². The summed E-state index contributed by atoms with van der Waals surface area (Å²) in [5.41, 5.74) is 4.93. The topological polar surface area (TPSA) is 97.6 Å². The smallest absolute Gasteiger partial charge is 0.228 e. The molecule has 0 fully saturated rings. The Hall–Kier alpha value is -3.88. The summed E-state index contributed by atoms with van der Waals surface area (Å²) in [5, 5.41) is 10.7. The predicted octanol–water partition coefficient (Wildman–Crippen LogP) is 4.35. The molecule has 8 nitrogen and oxygen atoms in total. The minimum Gasteiger partial charge on any atom is -0.362 e. The van der Waals surface area contributed by atoms with E-state index in [2.05, 4.69) is 30.7 Å². The van der Waals surface area contributed by atoms with Crippen molar-refractivity contribution in [2.45, 2.75) is 46.7 Å². The van der Waals surface area contributed by atoms with Crippen LogP contribution in [0.15, 0.2) is 42.9 Å². The molecule has 0 unspecified atom stereocenters. The number of fused-ring (bicyclic) bond motifs is 1. The van der Waals surface area contributed by atoms with Gasteiger partial charge in [-0.15, -0.1) is 0 Å². The Morgan fingerprint density at radius 2 is 2.00 bits per heavy atom. The molecule has 1 amide bonds.